The van der Waals surface area contributed by atoms with Crippen molar-refractivity contribution in [2.24, 2.45) is 0 Å². The smallest absolute Gasteiger partial charge is 0.167 e. The topological polar surface area (TPSA) is 33.3 Å². The summed E-state index contributed by atoms with van der Waals surface area (Å²) in [6.07, 6.45) is 0. The first-order chi connectivity index (χ1) is 10.7. The van der Waals surface area contributed by atoms with E-state index in [1.165, 1.54) is 11.1 Å². The van der Waals surface area contributed by atoms with Crippen molar-refractivity contribution in [2.75, 3.05) is 13.7 Å². The summed E-state index contributed by atoms with van der Waals surface area (Å²) < 4.78 is 5.13. The Morgan fingerprint density at radius 3 is 1.91 bits per heavy atom. The van der Waals surface area contributed by atoms with Gasteiger partial charge in [-0.05, 0) is 30.3 Å². The van der Waals surface area contributed by atoms with Crippen molar-refractivity contribution in [3.05, 3.63) is 71.8 Å². The van der Waals surface area contributed by atoms with Gasteiger partial charge in [-0.1, -0.05) is 60.7 Å². The standard InChI is InChI=1S/C18H22N2OS/c1-14(13-21-2)19-18(22)20-17(15-9-5-3-6-10-15)16-11-7-4-8-12-16/h3-12,14,17H,13H2,1-2H3,(H2,19,20,22). The van der Waals surface area contributed by atoms with E-state index in [-0.39, 0.29) is 12.1 Å². The molecule has 1 unspecified atom stereocenters. The van der Waals surface area contributed by atoms with Crippen LogP contribution in [0.25, 0.3) is 0 Å². The van der Waals surface area contributed by atoms with Gasteiger partial charge < -0.3 is 15.4 Å². The fourth-order valence-corrected chi connectivity index (χ4v) is 2.66. The summed E-state index contributed by atoms with van der Waals surface area (Å²) in [4.78, 5) is 0. The van der Waals surface area contributed by atoms with Crippen LogP contribution < -0.4 is 10.6 Å². The molecule has 2 N–H and O–H groups in total. The van der Waals surface area contributed by atoms with E-state index in [1.807, 2.05) is 43.3 Å². The van der Waals surface area contributed by atoms with Gasteiger partial charge in [-0.25, -0.2) is 0 Å². The van der Waals surface area contributed by atoms with Crippen molar-refractivity contribution in [2.45, 2.75) is 19.0 Å². The molecule has 0 aliphatic heterocycles. The summed E-state index contributed by atoms with van der Waals surface area (Å²) in [5.74, 6) is 0. The van der Waals surface area contributed by atoms with Crippen molar-refractivity contribution in [3.63, 3.8) is 0 Å². The molecule has 0 bridgehead atoms. The molecule has 0 aromatic heterocycles. The fourth-order valence-electron chi connectivity index (χ4n) is 2.34. The third-order valence-electron chi connectivity index (χ3n) is 3.34. The van der Waals surface area contributed by atoms with Gasteiger partial charge in [0.25, 0.3) is 0 Å². The zero-order chi connectivity index (χ0) is 15.8. The maximum atomic E-state index is 5.44. The first-order valence-corrected chi connectivity index (χ1v) is 7.77. The second-order valence-electron chi connectivity index (χ2n) is 5.23. The molecular formula is C18H22N2OS. The van der Waals surface area contributed by atoms with E-state index in [1.54, 1.807) is 7.11 Å². The molecule has 3 nitrogen and oxygen atoms in total. The molecule has 2 aromatic carbocycles. The Bertz CT molecular complexity index is 535. The first-order valence-electron chi connectivity index (χ1n) is 7.36. The van der Waals surface area contributed by atoms with Crippen LogP contribution in [0.1, 0.15) is 24.1 Å². The van der Waals surface area contributed by atoms with E-state index >= 15 is 0 Å². The van der Waals surface area contributed by atoms with Crippen molar-refractivity contribution in [3.8, 4) is 0 Å². The summed E-state index contributed by atoms with van der Waals surface area (Å²) in [6.45, 7) is 2.65. The van der Waals surface area contributed by atoms with E-state index in [0.717, 1.165) is 0 Å². The average Bonchev–Trinajstić information content (AvgIpc) is 2.54. The van der Waals surface area contributed by atoms with Crippen LogP contribution in [0.15, 0.2) is 60.7 Å². The summed E-state index contributed by atoms with van der Waals surface area (Å²) >= 11 is 5.44. The molecule has 0 fully saturated rings. The largest absolute Gasteiger partial charge is 0.383 e. The number of rotatable bonds is 6. The van der Waals surface area contributed by atoms with Crippen LogP contribution in [0.2, 0.25) is 0 Å². The molecule has 1 atom stereocenters. The first kappa shape index (κ1) is 16.5. The predicted molar refractivity (Wildman–Crippen MR) is 94.9 cm³/mol. The second kappa shape index (κ2) is 8.51. The molecule has 2 rings (SSSR count). The van der Waals surface area contributed by atoms with Gasteiger partial charge >= 0.3 is 0 Å². The molecule has 0 amide bonds. The molecular weight excluding hydrogens is 292 g/mol. The van der Waals surface area contributed by atoms with Crippen LogP contribution in [0.4, 0.5) is 0 Å². The average molecular weight is 314 g/mol. The Kier molecular flexibility index (Phi) is 6.37. The number of nitrogens with one attached hydrogen (secondary N) is 2. The lowest BCUT2D eigenvalue weighted by Gasteiger charge is -2.23. The lowest BCUT2D eigenvalue weighted by Crippen LogP contribution is -2.44. The van der Waals surface area contributed by atoms with Gasteiger partial charge in [0.1, 0.15) is 0 Å². The van der Waals surface area contributed by atoms with E-state index < -0.39 is 0 Å². The van der Waals surface area contributed by atoms with Crippen LogP contribution in [-0.2, 0) is 4.74 Å². The number of methoxy groups -OCH3 is 1. The van der Waals surface area contributed by atoms with Crippen LogP contribution in [0, 0.1) is 0 Å². The van der Waals surface area contributed by atoms with Gasteiger partial charge in [0.05, 0.1) is 12.6 Å². The molecule has 0 spiro atoms. The molecule has 0 heterocycles. The van der Waals surface area contributed by atoms with Crippen molar-refractivity contribution in [1.29, 1.82) is 0 Å². The van der Waals surface area contributed by atoms with Crippen LogP contribution in [0.5, 0.6) is 0 Å². The van der Waals surface area contributed by atoms with E-state index in [0.29, 0.717) is 11.7 Å². The molecule has 2 aromatic rings. The molecule has 0 saturated carbocycles. The fraction of sp³-hybridized carbons (Fsp3) is 0.278. The maximum Gasteiger partial charge on any atom is 0.167 e. The number of ether oxygens (including phenoxy) is 1. The Morgan fingerprint density at radius 1 is 0.955 bits per heavy atom. The Hall–Kier alpha value is -1.91. The predicted octanol–water partition coefficient (Wildman–Crippen LogP) is 3.28. The Balaban J connectivity index is 2.14. The number of hydrogen-bond acceptors (Lipinski definition) is 2. The number of thiocarbonyl (C=S) groups is 1. The zero-order valence-corrected chi connectivity index (χ0v) is 13.8. The second-order valence-corrected chi connectivity index (χ2v) is 5.64. The number of benzene rings is 2. The van der Waals surface area contributed by atoms with Crippen molar-refractivity contribution in [1.82, 2.24) is 10.6 Å². The number of hydrogen-bond donors (Lipinski definition) is 2. The van der Waals surface area contributed by atoms with Crippen LogP contribution in [0.3, 0.4) is 0 Å². The highest BCUT2D eigenvalue weighted by Crippen LogP contribution is 2.21. The minimum Gasteiger partial charge on any atom is -0.383 e. The highest BCUT2D eigenvalue weighted by Gasteiger charge is 2.15. The van der Waals surface area contributed by atoms with Gasteiger partial charge in [0.2, 0.25) is 0 Å². The van der Waals surface area contributed by atoms with E-state index in [2.05, 4.69) is 34.9 Å². The van der Waals surface area contributed by atoms with E-state index in [9.17, 15) is 0 Å². The van der Waals surface area contributed by atoms with Crippen LogP contribution >= 0.6 is 12.2 Å². The van der Waals surface area contributed by atoms with Gasteiger partial charge in [0.15, 0.2) is 5.11 Å². The van der Waals surface area contributed by atoms with Gasteiger partial charge in [0, 0.05) is 13.2 Å². The van der Waals surface area contributed by atoms with Gasteiger partial charge in [-0.15, -0.1) is 0 Å². The van der Waals surface area contributed by atoms with Gasteiger partial charge in [-0.2, -0.15) is 0 Å². The SMILES string of the molecule is COCC(C)NC(=S)NC(c1ccccc1)c1ccccc1. The minimum absolute atomic E-state index is 0.0251. The monoisotopic (exact) mass is 314 g/mol. The van der Waals surface area contributed by atoms with Crippen molar-refractivity contribution < 1.29 is 4.74 Å². The molecule has 0 radical (unpaired) electrons. The summed E-state index contributed by atoms with van der Waals surface area (Å²) in [7, 11) is 1.69. The normalized spacial score (nSPS) is 12.0. The quantitative estimate of drug-likeness (QED) is 0.802. The summed E-state index contributed by atoms with van der Waals surface area (Å²) in [5, 5.41) is 7.28. The summed E-state index contributed by atoms with van der Waals surface area (Å²) in [5.41, 5.74) is 2.36. The Labute approximate surface area is 137 Å². The zero-order valence-electron chi connectivity index (χ0n) is 13.0. The highest BCUT2D eigenvalue weighted by atomic mass is 32.1. The molecule has 0 saturated heterocycles. The molecule has 22 heavy (non-hydrogen) atoms. The minimum atomic E-state index is 0.0251. The highest BCUT2D eigenvalue weighted by molar-refractivity contribution is 7.80. The molecule has 116 valence electrons. The van der Waals surface area contributed by atoms with Crippen LogP contribution in [-0.4, -0.2) is 24.9 Å². The third kappa shape index (κ3) is 4.83. The maximum absolute atomic E-state index is 5.44. The third-order valence-corrected chi connectivity index (χ3v) is 3.57. The van der Waals surface area contributed by atoms with E-state index in [4.69, 9.17) is 17.0 Å². The summed E-state index contributed by atoms with van der Waals surface area (Å²) in [6, 6.07) is 20.8. The lowest BCUT2D eigenvalue weighted by molar-refractivity contribution is 0.179. The van der Waals surface area contributed by atoms with Gasteiger partial charge in [-0.3, -0.25) is 0 Å². The molecule has 0 aliphatic rings. The molecule has 0 aliphatic carbocycles. The molecule has 4 heteroatoms. The van der Waals surface area contributed by atoms with Crippen molar-refractivity contribution >= 4 is 17.3 Å². The Morgan fingerprint density at radius 2 is 1.45 bits per heavy atom. The lowest BCUT2D eigenvalue weighted by atomic mass is 9.99.